The molecule has 0 amide bonds. The van der Waals surface area contributed by atoms with Crippen LogP contribution in [0, 0.1) is 11.3 Å². The van der Waals surface area contributed by atoms with E-state index >= 15 is 0 Å². The number of benzene rings is 1. The molecule has 4 heteroatoms. The van der Waals surface area contributed by atoms with Gasteiger partial charge in [0.2, 0.25) is 0 Å². The van der Waals surface area contributed by atoms with Crippen molar-refractivity contribution in [2.45, 2.75) is 26.4 Å². The first-order chi connectivity index (χ1) is 8.67. The number of carbonyl (C=O) groups excluding carboxylic acids is 1. The molecule has 0 aliphatic heterocycles. The largest absolute Gasteiger partial charge is 0.465 e. The summed E-state index contributed by atoms with van der Waals surface area (Å²) < 4.78 is 4.91. The van der Waals surface area contributed by atoms with Gasteiger partial charge in [0.25, 0.3) is 0 Å². The van der Waals surface area contributed by atoms with Gasteiger partial charge in [0.05, 0.1) is 25.3 Å². The third-order valence-corrected chi connectivity index (χ3v) is 2.60. The predicted molar refractivity (Wildman–Crippen MR) is 68.6 cm³/mol. The van der Waals surface area contributed by atoms with Gasteiger partial charge >= 0.3 is 5.97 Å². The number of esters is 1. The van der Waals surface area contributed by atoms with Crippen LogP contribution in [0.5, 0.6) is 0 Å². The number of nitriles is 1. The van der Waals surface area contributed by atoms with Crippen LogP contribution in [0.15, 0.2) is 30.3 Å². The first-order valence-electron chi connectivity index (χ1n) is 6.00. The van der Waals surface area contributed by atoms with Crippen LogP contribution in [0.4, 0.5) is 0 Å². The van der Waals surface area contributed by atoms with Gasteiger partial charge in [0, 0.05) is 6.54 Å². The summed E-state index contributed by atoms with van der Waals surface area (Å²) in [6.45, 7) is 4.61. The summed E-state index contributed by atoms with van der Waals surface area (Å²) in [7, 11) is 0. The highest BCUT2D eigenvalue weighted by molar-refractivity contribution is 5.71. The van der Waals surface area contributed by atoms with Crippen LogP contribution >= 0.6 is 0 Å². The van der Waals surface area contributed by atoms with Crippen LogP contribution in [0.1, 0.15) is 19.4 Å². The van der Waals surface area contributed by atoms with Gasteiger partial charge in [-0.1, -0.05) is 30.3 Å². The number of hydrogen-bond acceptors (Lipinski definition) is 4. The molecule has 0 bridgehead atoms. The molecule has 18 heavy (non-hydrogen) atoms. The van der Waals surface area contributed by atoms with Gasteiger partial charge in [-0.3, -0.25) is 9.69 Å². The Labute approximate surface area is 108 Å². The minimum absolute atomic E-state index is 0.136. The van der Waals surface area contributed by atoms with Crippen molar-refractivity contribution in [3.05, 3.63) is 35.9 Å². The summed E-state index contributed by atoms with van der Waals surface area (Å²) in [6, 6.07) is 11.6. The molecule has 1 aromatic carbocycles. The highest BCUT2D eigenvalue weighted by Gasteiger charge is 2.17. The van der Waals surface area contributed by atoms with Crippen LogP contribution in [0.3, 0.4) is 0 Å². The van der Waals surface area contributed by atoms with Crippen molar-refractivity contribution < 1.29 is 9.53 Å². The Bertz CT molecular complexity index is 412. The number of carbonyl (C=O) groups is 1. The summed E-state index contributed by atoms with van der Waals surface area (Å²) in [6.07, 6.45) is 0. The average Bonchev–Trinajstić information content (AvgIpc) is 2.38. The zero-order valence-corrected chi connectivity index (χ0v) is 10.8. The molecule has 1 rings (SSSR count). The van der Waals surface area contributed by atoms with Gasteiger partial charge in [0.15, 0.2) is 0 Å². The Kier molecular flexibility index (Phi) is 5.89. The summed E-state index contributed by atoms with van der Waals surface area (Å²) in [5, 5.41) is 8.98. The quantitative estimate of drug-likeness (QED) is 0.720. The van der Waals surface area contributed by atoms with E-state index in [2.05, 4.69) is 6.07 Å². The highest BCUT2D eigenvalue weighted by Crippen LogP contribution is 2.08. The molecular weight excluding hydrogens is 228 g/mol. The Morgan fingerprint density at radius 3 is 2.67 bits per heavy atom. The van der Waals surface area contributed by atoms with Crippen molar-refractivity contribution in [2.24, 2.45) is 0 Å². The Hall–Kier alpha value is -1.86. The summed E-state index contributed by atoms with van der Waals surface area (Å²) in [5.41, 5.74) is 1.07. The summed E-state index contributed by atoms with van der Waals surface area (Å²) in [4.78, 5) is 13.3. The normalized spacial score (nSPS) is 11.9. The fourth-order valence-corrected chi connectivity index (χ4v) is 1.60. The fraction of sp³-hybridized carbons (Fsp3) is 0.429. The number of hydrogen-bond donors (Lipinski definition) is 0. The highest BCUT2D eigenvalue weighted by atomic mass is 16.5. The third kappa shape index (κ3) is 4.56. The first kappa shape index (κ1) is 14.2. The maximum absolute atomic E-state index is 11.5. The van der Waals surface area contributed by atoms with Crippen molar-refractivity contribution in [1.29, 1.82) is 5.26 Å². The molecule has 0 radical (unpaired) electrons. The predicted octanol–water partition coefficient (Wildman–Crippen LogP) is 1.96. The van der Waals surface area contributed by atoms with Gasteiger partial charge in [0.1, 0.15) is 0 Å². The van der Waals surface area contributed by atoms with Crippen LogP contribution in [-0.2, 0) is 16.1 Å². The first-order valence-corrected chi connectivity index (χ1v) is 6.00. The molecule has 0 aliphatic rings. The molecule has 4 nitrogen and oxygen atoms in total. The molecule has 0 heterocycles. The lowest BCUT2D eigenvalue weighted by Gasteiger charge is -2.23. The lowest BCUT2D eigenvalue weighted by Crippen LogP contribution is -2.36. The van der Waals surface area contributed by atoms with Crippen LogP contribution in [0.25, 0.3) is 0 Å². The van der Waals surface area contributed by atoms with E-state index in [1.165, 1.54) is 0 Å². The van der Waals surface area contributed by atoms with Crippen molar-refractivity contribution in [3.8, 4) is 6.07 Å². The fourth-order valence-electron chi connectivity index (χ4n) is 1.60. The van der Waals surface area contributed by atoms with E-state index in [9.17, 15) is 4.79 Å². The number of nitrogens with zero attached hydrogens (tertiary/aromatic N) is 2. The lowest BCUT2D eigenvalue weighted by atomic mass is 10.2. The molecule has 0 saturated carbocycles. The van der Waals surface area contributed by atoms with Gasteiger partial charge in [-0.2, -0.15) is 5.26 Å². The maximum atomic E-state index is 11.5. The second-order valence-corrected chi connectivity index (χ2v) is 4.00. The number of rotatable bonds is 6. The van der Waals surface area contributed by atoms with Crippen molar-refractivity contribution in [3.63, 3.8) is 0 Å². The minimum atomic E-state index is -0.324. The van der Waals surface area contributed by atoms with Gasteiger partial charge in [-0.15, -0.1) is 0 Å². The van der Waals surface area contributed by atoms with E-state index in [-0.39, 0.29) is 18.6 Å². The molecule has 1 atom stereocenters. The zero-order valence-electron chi connectivity index (χ0n) is 10.8. The van der Waals surface area contributed by atoms with Crippen LogP contribution in [-0.4, -0.2) is 30.1 Å². The van der Waals surface area contributed by atoms with E-state index in [0.717, 1.165) is 5.56 Å². The molecule has 1 unspecified atom stereocenters. The smallest absolute Gasteiger partial charge is 0.320 e. The molecular formula is C14H18N2O2. The monoisotopic (exact) mass is 246 g/mol. The molecule has 0 spiro atoms. The van der Waals surface area contributed by atoms with Crippen molar-refractivity contribution in [2.75, 3.05) is 13.2 Å². The third-order valence-electron chi connectivity index (χ3n) is 2.60. The van der Waals surface area contributed by atoms with E-state index in [1.54, 1.807) is 18.7 Å². The SMILES string of the molecule is CCOC(=O)CN(Cc1ccccc1)C(C)C#N. The molecule has 0 saturated heterocycles. The number of ether oxygens (including phenoxy) is 1. The maximum Gasteiger partial charge on any atom is 0.320 e. The second kappa shape index (κ2) is 7.46. The van der Waals surface area contributed by atoms with Crippen molar-refractivity contribution in [1.82, 2.24) is 4.90 Å². The second-order valence-electron chi connectivity index (χ2n) is 4.00. The molecule has 0 aromatic heterocycles. The van der Waals surface area contributed by atoms with Crippen LogP contribution < -0.4 is 0 Å². The Balaban J connectivity index is 2.68. The Morgan fingerprint density at radius 1 is 1.44 bits per heavy atom. The minimum Gasteiger partial charge on any atom is -0.465 e. The zero-order chi connectivity index (χ0) is 13.4. The Morgan fingerprint density at radius 2 is 2.11 bits per heavy atom. The van der Waals surface area contributed by atoms with Gasteiger partial charge < -0.3 is 4.74 Å². The van der Waals surface area contributed by atoms with Crippen molar-refractivity contribution >= 4 is 5.97 Å². The van der Waals surface area contributed by atoms with E-state index in [4.69, 9.17) is 10.00 Å². The molecule has 96 valence electrons. The van der Waals surface area contributed by atoms with E-state index in [1.807, 2.05) is 30.3 Å². The van der Waals surface area contributed by atoms with E-state index in [0.29, 0.717) is 13.2 Å². The topological polar surface area (TPSA) is 53.3 Å². The van der Waals surface area contributed by atoms with Gasteiger partial charge in [-0.05, 0) is 19.4 Å². The summed E-state index contributed by atoms with van der Waals surface area (Å²) >= 11 is 0. The standard InChI is InChI=1S/C14H18N2O2/c1-3-18-14(17)11-16(12(2)9-15)10-13-7-5-4-6-8-13/h4-8,12H,3,10-11H2,1-2H3. The van der Waals surface area contributed by atoms with Crippen LogP contribution in [0.2, 0.25) is 0 Å². The molecule has 1 aromatic rings. The molecule has 0 aliphatic carbocycles. The van der Waals surface area contributed by atoms with Gasteiger partial charge in [-0.25, -0.2) is 0 Å². The average molecular weight is 246 g/mol. The molecule has 0 N–H and O–H groups in total. The summed E-state index contributed by atoms with van der Waals surface area (Å²) in [5.74, 6) is -0.296. The van der Waals surface area contributed by atoms with E-state index < -0.39 is 0 Å². The molecule has 0 fully saturated rings. The lowest BCUT2D eigenvalue weighted by molar-refractivity contribution is -0.144.